The van der Waals surface area contributed by atoms with Crippen molar-refractivity contribution in [3.8, 4) is 23.0 Å². The van der Waals surface area contributed by atoms with E-state index >= 15 is 0 Å². The highest BCUT2D eigenvalue weighted by Crippen LogP contribution is 2.31. The molecule has 0 atom stereocenters. The van der Waals surface area contributed by atoms with Gasteiger partial charge in [0, 0.05) is 74.0 Å². The number of likely N-dealkylation sites (N-methyl/N-ethyl adjacent to an activating group) is 1. The fourth-order valence-electron chi connectivity index (χ4n) is 6.23. The maximum absolute atomic E-state index is 12.2. The van der Waals surface area contributed by atoms with Crippen LogP contribution in [-0.4, -0.2) is 87.2 Å². The number of anilines is 3. The topological polar surface area (TPSA) is 119 Å². The van der Waals surface area contributed by atoms with Crippen molar-refractivity contribution in [1.82, 2.24) is 30.1 Å². The van der Waals surface area contributed by atoms with Gasteiger partial charge in [0.25, 0.3) is 5.91 Å². The van der Waals surface area contributed by atoms with Gasteiger partial charge < -0.3 is 26.0 Å². The molecule has 0 bridgehead atoms. The van der Waals surface area contributed by atoms with E-state index in [2.05, 4.69) is 73.9 Å². The van der Waals surface area contributed by atoms with E-state index in [1.807, 2.05) is 30.5 Å². The van der Waals surface area contributed by atoms with Crippen LogP contribution >= 0.6 is 0 Å². The minimum Gasteiger partial charge on any atom is -0.393 e. The normalized spacial score (nSPS) is 19.8. The molecule has 3 aliphatic rings. The van der Waals surface area contributed by atoms with Crippen LogP contribution in [0.4, 0.5) is 17.5 Å². The van der Waals surface area contributed by atoms with Gasteiger partial charge in [-0.2, -0.15) is 4.98 Å². The maximum Gasteiger partial charge on any atom is 0.253 e. The Morgan fingerprint density at radius 2 is 1.57 bits per heavy atom. The summed E-state index contributed by atoms with van der Waals surface area (Å²) in [5.41, 5.74) is 6.18. The summed E-state index contributed by atoms with van der Waals surface area (Å²) in [6, 6.07) is 20.6. The van der Waals surface area contributed by atoms with Crippen LogP contribution in [0.2, 0.25) is 0 Å². The molecule has 0 radical (unpaired) electrons. The Bertz CT molecular complexity index is 1780. The fraction of sp³-hybridized carbons (Fsp3) is 0.385. The quantitative estimate of drug-likeness (QED) is 0.184. The van der Waals surface area contributed by atoms with E-state index < -0.39 is 0 Å². The lowest BCUT2D eigenvalue weighted by atomic mass is 9.93. The molecule has 0 unspecified atom stereocenters. The number of nitrogens with zero attached hydrogens (tertiary/aromatic N) is 5. The van der Waals surface area contributed by atoms with Crippen LogP contribution in [-0.2, 0) is 6.54 Å². The van der Waals surface area contributed by atoms with Gasteiger partial charge in [0.1, 0.15) is 11.5 Å². The molecule has 2 aromatic carbocycles. The molecule has 2 saturated carbocycles. The van der Waals surface area contributed by atoms with Crippen LogP contribution < -0.4 is 16.0 Å². The number of benzene rings is 2. The molecule has 0 spiro atoms. The summed E-state index contributed by atoms with van der Waals surface area (Å²) in [7, 11) is 2.18. The molecule has 2 aromatic heterocycles. The van der Waals surface area contributed by atoms with Gasteiger partial charge in [-0.1, -0.05) is 30.2 Å². The van der Waals surface area contributed by atoms with Crippen molar-refractivity contribution in [2.24, 2.45) is 0 Å². The summed E-state index contributed by atoms with van der Waals surface area (Å²) >= 11 is 0. The number of amides is 1. The Hall–Kier alpha value is -4.82. The van der Waals surface area contributed by atoms with E-state index in [9.17, 15) is 9.90 Å². The van der Waals surface area contributed by atoms with Crippen LogP contribution in [0, 0.1) is 11.8 Å². The molecule has 1 aliphatic heterocycles. The summed E-state index contributed by atoms with van der Waals surface area (Å²) in [5.74, 6) is 7.44. The van der Waals surface area contributed by atoms with Crippen molar-refractivity contribution in [2.45, 2.75) is 63.3 Å². The molecule has 252 valence electrons. The van der Waals surface area contributed by atoms with Gasteiger partial charge in [-0.3, -0.25) is 9.69 Å². The predicted molar refractivity (Wildman–Crippen MR) is 193 cm³/mol. The SMILES string of the molecule is CN1CCN(Cc2ccc(-c3cnc(Nc4ccc(C#Cc5ccc(C(=O)NC6CC6)cn5)cc4)nc3NC3CCC(O)CC3)cc2)CC1. The van der Waals surface area contributed by atoms with Crippen LogP contribution in [0.15, 0.2) is 73.1 Å². The molecule has 1 amide bonds. The standard InChI is InChI=1S/C39H44N8O2/c1-46-20-22-47(23-21-46)26-28-2-7-29(8-3-28)36-25-41-39(45-37(36)42-32-16-18-35(48)19-17-32)44-34-11-5-27(6-12-34)4-10-31-13-9-30(24-40-31)38(49)43-33-14-15-33/h2-3,5-9,11-13,24-25,32-33,35,48H,14-23,26H2,1H3,(H,43,49)(H2,41,42,44,45). The lowest BCUT2D eigenvalue weighted by Gasteiger charge is -2.32. The molecule has 2 aliphatic carbocycles. The Morgan fingerprint density at radius 1 is 0.837 bits per heavy atom. The second kappa shape index (κ2) is 15.2. The third kappa shape index (κ3) is 9.00. The number of piperazine rings is 1. The van der Waals surface area contributed by atoms with Gasteiger partial charge in [-0.05, 0) is 99.0 Å². The molecule has 4 N–H and O–H groups in total. The van der Waals surface area contributed by atoms with Crippen molar-refractivity contribution in [1.29, 1.82) is 0 Å². The number of hydrogen-bond acceptors (Lipinski definition) is 9. The first-order valence-electron chi connectivity index (χ1n) is 17.4. The van der Waals surface area contributed by atoms with E-state index in [1.54, 1.807) is 18.3 Å². The van der Waals surface area contributed by atoms with Crippen LogP contribution in [0.3, 0.4) is 0 Å². The molecule has 4 aromatic rings. The smallest absolute Gasteiger partial charge is 0.253 e. The maximum atomic E-state index is 12.2. The molecule has 49 heavy (non-hydrogen) atoms. The zero-order chi connectivity index (χ0) is 33.6. The van der Waals surface area contributed by atoms with Gasteiger partial charge in [-0.15, -0.1) is 0 Å². The van der Waals surface area contributed by atoms with Crippen molar-refractivity contribution >= 4 is 23.4 Å². The average molecular weight is 657 g/mol. The Labute approximate surface area is 288 Å². The molecular weight excluding hydrogens is 612 g/mol. The van der Waals surface area contributed by atoms with Gasteiger partial charge in [0.15, 0.2) is 0 Å². The molecule has 3 heterocycles. The molecule has 3 fully saturated rings. The van der Waals surface area contributed by atoms with E-state index in [0.717, 1.165) is 99.4 Å². The Balaban J connectivity index is 1.02. The van der Waals surface area contributed by atoms with Gasteiger partial charge >= 0.3 is 0 Å². The summed E-state index contributed by atoms with van der Waals surface area (Å²) in [6.45, 7) is 5.36. The second-order valence-electron chi connectivity index (χ2n) is 13.5. The van der Waals surface area contributed by atoms with Gasteiger partial charge in [0.2, 0.25) is 5.95 Å². The van der Waals surface area contributed by atoms with Crippen LogP contribution in [0.1, 0.15) is 65.7 Å². The summed E-state index contributed by atoms with van der Waals surface area (Å²) < 4.78 is 0. The van der Waals surface area contributed by atoms with Crippen molar-refractivity contribution in [3.63, 3.8) is 0 Å². The lowest BCUT2D eigenvalue weighted by Crippen LogP contribution is -2.43. The van der Waals surface area contributed by atoms with E-state index in [4.69, 9.17) is 9.97 Å². The van der Waals surface area contributed by atoms with Crippen LogP contribution in [0.25, 0.3) is 11.1 Å². The molecule has 10 nitrogen and oxygen atoms in total. The summed E-state index contributed by atoms with van der Waals surface area (Å²) in [6.07, 6.45) is 8.72. The lowest BCUT2D eigenvalue weighted by molar-refractivity contribution is 0.0950. The monoisotopic (exact) mass is 656 g/mol. The van der Waals surface area contributed by atoms with Crippen LogP contribution in [0.5, 0.6) is 0 Å². The number of rotatable bonds is 9. The van der Waals surface area contributed by atoms with Gasteiger partial charge in [0.05, 0.1) is 11.7 Å². The highest BCUT2D eigenvalue weighted by atomic mass is 16.3. The number of carbonyl (C=O) groups is 1. The van der Waals surface area contributed by atoms with E-state index in [1.165, 1.54) is 5.56 Å². The molecule has 10 heteroatoms. The van der Waals surface area contributed by atoms with Crippen molar-refractivity contribution in [2.75, 3.05) is 43.9 Å². The highest BCUT2D eigenvalue weighted by molar-refractivity contribution is 5.94. The third-order valence-electron chi connectivity index (χ3n) is 9.51. The zero-order valence-corrected chi connectivity index (χ0v) is 28.0. The fourth-order valence-corrected chi connectivity index (χ4v) is 6.23. The number of hydrogen-bond donors (Lipinski definition) is 4. The summed E-state index contributed by atoms with van der Waals surface area (Å²) in [5, 5.41) is 20.1. The Morgan fingerprint density at radius 3 is 2.27 bits per heavy atom. The minimum absolute atomic E-state index is 0.0845. The minimum atomic E-state index is -0.220. The largest absolute Gasteiger partial charge is 0.393 e. The second-order valence-corrected chi connectivity index (χ2v) is 13.5. The predicted octanol–water partition coefficient (Wildman–Crippen LogP) is 5.04. The first-order chi connectivity index (χ1) is 23.9. The number of aromatic nitrogens is 3. The first kappa shape index (κ1) is 32.7. The summed E-state index contributed by atoms with van der Waals surface area (Å²) in [4.78, 5) is 31.1. The molecular formula is C39H44N8O2. The van der Waals surface area contributed by atoms with E-state index in [-0.39, 0.29) is 18.1 Å². The average Bonchev–Trinajstić information content (AvgIpc) is 3.95. The Kier molecular flexibility index (Phi) is 10.1. The first-order valence-corrected chi connectivity index (χ1v) is 17.4. The van der Waals surface area contributed by atoms with Gasteiger partial charge in [-0.25, -0.2) is 9.97 Å². The van der Waals surface area contributed by atoms with E-state index in [0.29, 0.717) is 23.2 Å². The molecule has 1 saturated heterocycles. The number of pyridine rings is 1. The highest BCUT2D eigenvalue weighted by Gasteiger charge is 2.24. The van der Waals surface area contributed by atoms with Crippen molar-refractivity contribution in [3.05, 3.63) is 95.4 Å². The van der Waals surface area contributed by atoms with Crippen molar-refractivity contribution < 1.29 is 9.90 Å². The third-order valence-corrected chi connectivity index (χ3v) is 9.51. The number of aliphatic hydroxyl groups is 1. The number of carbonyl (C=O) groups excluding carboxylic acids is 1. The number of nitrogens with one attached hydrogen (secondary N) is 3. The number of aliphatic hydroxyl groups excluding tert-OH is 1. The zero-order valence-electron chi connectivity index (χ0n) is 28.0. The molecule has 7 rings (SSSR count).